The smallest absolute Gasteiger partial charge is 0.166 e. The third-order valence-electron chi connectivity index (χ3n) is 11.2. The Bertz CT molecular complexity index is 3400. The highest BCUT2D eigenvalue weighted by Crippen LogP contribution is 2.44. The molecule has 4 aromatic heterocycles. The molecule has 0 atom stereocenters. The van der Waals surface area contributed by atoms with E-state index in [9.17, 15) is 0 Å². The second-order valence-electron chi connectivity index (χ2n) is 14.4. The average molecular weight is 730 g/mol. The predicted molar refractivity (Wildman–Crippen MR) is 232 cm³/mol. The third-order valence-corrected chi connectivity index (χ3v) is 11.2. The molecule has 6 heteroatoms. The lowest BCUT2D eigenvalue weighted by Crippen LogP contribution is -2.02. The first-order chi connectivity index (χ1) is 28.3. The number of benzene rings is 8. The molecule has 0 aliphatic rings. The fourth-order valence-corrected chi connectivity index (χ4v) is 8.69. The summed E-state index contributed by atoms with van der Waals surface area (Å²) in [5.74, 6) is 1.86. The highest BCUT2D eigenvalue weighted by molar-refractivity contribution is 6.26. The zero-order valence-corrected chi connectivity index (χ0v) is 30.5. The summed E-state index contributed by atoms with van der Waals surface area (Å²) in [6.45, 7) is 0. The van der Waals surface area contributed by atoms with Gasteiger partial charge in [0, 0.05) is 55.0 Å². The van der Waals surface area contributed by atoms with Crippen LogP contribution >= 0.6 is 0 Å². The van der Waals surface area contributed by atoms with Crippen LogP contribution in [0, 0.1) is 0 Å². The molecule has 0 bridgehead atoms. The molecule has 0 saturated heterocycles. The standard InChI is InChI=1S/C51H31N5O/c1-4-15-32(16-5-1)49-52-50(33-17-6-2-7-18-33)54-51(53-49)40-24-14-23-38-39-28-30-45-46(48(39)56(47(38)40)34-19-8-3-9-20-34)41-31-35(27-29-44(41)57-45)55-42-25-12-10-21-36(42)37-22-11-13-26-43(37)55/h1-31H. The molecule has 266 valence electrons. The molecule has 57 heavy (non-hydrogen) atoms. The fourth-order valence-electron chi connectivity index (χ4n) is 8.69. The van der Waals surface area contributed by atoms with Gasteiger partial charge in [-0.05, 0) is 60.7 Å². The normalized spacial score (nSPS) is 11.9. The maximum atomic E-state index is 6.68. The SMILES string of the molecule is c1ccc(-c2nc(-c3ccccc3)nc(-c3cccc4c5ccc6oc7ccc(-n8c9ccccc9c9ccccc98)cc7c6c5n(-c5ccccc5)c34)n2)cc1. The largest absolute Gasteiger partial charge is 0.456 e. The molecule has 8 aromatic carbocycles. The van der Waals surface area contributed by atoms with Gasteiger partial charge in [0.1, 0.15) is 11.2 Å². The van der Waals surface area contributed by atoms with Crippen LogP contribution in [0.5, 0.6) is 0 Å². The predicted octanol–water partition coefficient (Wildman–Crippen LogP) is 13.0. The molecule has 0 saturated carbocycles. The van der Waals surface area contributed by atoms with E-state index in [0.717, 1.165) is 71.8 Å². The number of hydrogen-bond acceptors (Lipinski definition) is 4. The summed E-state index contributed by atoms with van der Waals surface area (Å²) >= 11 is 0. The number of furan rings is 1. The quantitative estimate of drug-likeness (QED) is 0.177. The zero-order valence-electron chi connectivity index (χ0n) is 30.5. The summed E-state index contributed by atoms with van der Waals surface area (Å²) in [5.41, 5.74) is 11.0. The van der Waals surface area contributed by atoms with Crippen molar-refractivity contribution in [2.45, 2.75) is 0 Å². The number of para-hydroxylation sites is 4. The Morgan fingerprint density at radius 3 is 1.56 bits per heavy atom. The number of rotatable bonds is 5. The van der Waals surface area contributed by atoms with Crippen molar-refractivity contribution in [3.8, 4) is 45.5 Å². The second-order valence-corrected chi connectivity index (χ2v) is 14.4. The summed E-state index contributed by atoms with van der Waals surface area (Å²) in [5, 5.41) is 6.79. The van der Waals surface area contributed by atoms with Gasteiger partial charge in [-0.1, -0.05) is 127 Å². The van der Waals surface area contributed by atoms with Crippen LogP contribution in [0.2, 0.25) is 0 Å². The molecule has 0 unspecified atom stereocenters. The van der Waals surface area contributed by atoms with Crippen LogP contribution in [-0.4, -0.2) is 24.1 Å². The molecule has 4 heterocycles. The van der Waals surface area contributed by atoms with Gasteiger partial charge in [0.05, 0.1) is 27.5 Å². The van der Waals surface area contributed by atoms with E-state index in [1.807, 2.05) is 60.7 Å². The summed E-state index contributed by atoms with van der Waals surface area (Å²) in [6, 6.07) is 65.4. The molecule has 0 fully saturated rings. The van der Waals surface area contributed by atoms with Gasteiger partial charge in [0.2, 0.25) is 0 Å². The first-order valence-corrected chi connectivity index (χ1v) is 19.1. The van der Waals surface area contributed by atoms with E-state index in [4.69, 9.17) is 19.4 Å². The molecule has 6 nitrogen and oxygen atoms in total. The van der Waals surface area contributed by atoms with E-state index < -0.39 is 0 Å². The van der Waals surface area contributed by atoms with E-state index >= 15 is 0 Å². The van der Waals surface area contributed by atoms with Crippen molar-refractivity contribution in [2.24, 2.45) is 0 Å². The van der Waals surface area contributed by atoms with Crippen molar-refractivity contribution in [1.82, 2.24) is 24.1 Å². The lowest BCUT2D eigenvalue weighted by Gasteiger charge is -2.13. The number of hydrogen-bond donors (Lipinski definition) is 0. The maximum Gasteiger partial charge on any atom is 0.166 e. The van der Waals surface area contributed by atoms with Gasteiger partial charge in [-0.3, -0.25) is 0 Å². The van der Waals surface area contributed by atoms with E-state index in [1.54, 1.807) is 0 Å². The first kappa shape index (κ1) is 31.5. The summed E-state index contributed by atoms with van der Waals surface area (Å²) in [4.78, 5) is 15.4. The van der Waals surface area contributed by atoms with E-state index in [0.29, 0.717) is 17.5 Å². The van der Waals surface area contributed by atoms with Gasteiger partial charge in [-0.15, -0.1) is 0 Å². The summed E-state index contributed by atoms with van der Waals surface area (Å²) in [7, 11) is 0. The lowest BCUT2D eigenvalue weighted by atomic mass is 10.1. The van der Waals surface area contributed by atoms with Crippen molar-refractivity contribution in [3.63, 3.8) is 0 Å². The highest BCUT2D eigenvalue weighted by Gasteiger charge is 2.24. The van der Waals surface area contributed by atoms with Gasteiger partial charge in [0.15, 0.2) is 17.5 Å². The second kappa shape index (κ2) is 12.3. The average Bonchev–Trinajstić information content (AvgIpc) is 3.94. The monoisotopic (exact) mass is 729 g/mol. The third kappa shape index (κ3) is 4.81. The molecular weight excluding hydrogens is 699 g/mol. The highest BCUT2D eigenvalue weighted by atomic mass is 16.3. The Morgan fingerprint density at radius 1 is 0.351 bits per heavy atom. The Labute approximate surface area is 326 Å². The topological polar surface area (TPSA) is 61.7 Å². The minimum Gasteiger partial charge on any atom is -0.456 e. The van der Waals surface area contributed by atoms with Gasteiger partial charge >= 0.3 is 0 Å². The van der Waals surface area contributed by atoms with Crippen LogP contribution in [0.25, 0.3) is 111 Å². The molecule has 12 rings (SSSR count). The van der Waals surface area contributed by atoms with Crippen LogP contribution in [0.1, 0.15) is 0 Å². The van der Waals surface area contributed by atoms with Crippen molar-refractivity contribution in [3.05, 3.63) is 188 Å². The van der Waals surface area contributed by atoms with E-state index in [1.165, 1.54) is 21.8 Å². The van der Waals surface area contributed by atoms with Crippen molar-refractivity contribution in [1.29, 1.82) is 0 Å². The van der Waals surface area contributed by atoms with Crippen LogP contribution in [-0.2, 0) is 0 Å². The van der Waals surface area contributed by atoms with E-state index in [2.05, 4.69) is 137 Å². The van der Waals surface area contributed by atoms with Gasteiger partial charge in [-0.2, -0.15) is 0 Å². The molecule has 0 spiro atoms. The Kier molecular flexibility index (Phi) is 6.83. The van der Waals surface area contributed by atoms with Gasteiger partial charge in [0.25, 0.3) is 0 Å². The molecule has 0 radical (unpaired) electrons. The van der Waals surface area contributed by atoms with Crippen LogP contribution in [0.4, 0.5) is 0 Å². The van der Waals surface area contributed by atoms with Crippen LogP contribution in [0.15, 0.2) is 192 Å². The van der Waals surface area contributed by atoms with Crippen molar-refractivity contribution >= 4 is 65.6 Å². The number of aromatic nitrogens is 5. The molecule has 0 aliphatic carbocycles. The summed E-state index contributed by atoms with van der Waals surface area (Å²) < 4.78 is 11.4. The molecule has 0 aliphatic heterocycles. The van der Waals surface area contributed by atoms with Crippen molar-refractivity contribution in [2.75, 3.05) is 0 Å². The van der Waals surface area contributed by atoms with E-state index in [-0.39, 0.29) is 0 Å². The first-order valence-electron chi connectivity index (χ1n) is 19.1. The van der Waals surface area contributed by atoms with Crippen LogP contribution in [0.3, 0.4) is 0 Å². The van der Waals surface area contributed by atoms with Gasteiger partial charge < -0.3 is 13.6 Å². The lowest BCUT2D eigenvalue weighted by molar-refractivity contribution is 0.669. The Balaban J connectivity index is 1.19. The summed E-state index contributed by atoms with van der Waals surface area (Å²) in [6.07, 6.45) is 0. The number of nitrogens with zero attached hydrogens (tertiary/aromatic N) is 5. The zero-order chi connectivity index (χ0) is 37.5. The minimum atomic E-state index is 0.607. The van der Waals surface area contributed by atoms with Crippen molar-refractivity contribution < 1.29 is 4.42 Å². The molecule has 12 aromatic rings. The van der Waals surface area contributed by atoms with Crippen LogP contribution < -0.4 is 0 Å². The Morgan fingerprint density at radius 2 is 0.895 bits per heavy atom. The minimum absolute atomic E-state index is 0.607. The number of fused-ring (bicyclic) bond motifs is 10. The molecular formula is C51H31N5O. The Hall–Kier alpha value is -7.83. The fraction of sp³-hybridized carbons (Fsp3) is 0. The van der Waals surface area contributed by atoms with Gasteiger partial charge in [-0.25, -0.2) is 15.0 Å². The molecule has 0 N–H and O–H groups in total. The maximum absolute atomic E-state index is 6.68. The molecule has 0 amide bonds.